The number of amides is 1. The zero-order valence-corrected chi connectivity index (χ0v) is 11.1. The molecular weight excluding hydrogens is 230 g/mol. The lowest BCUT2D eigenvalue weighted by atomic mass is 10.0. The number of nitrogens with one attached hydrogen (secondary N) is 1. The molecule has 0 aliphatic carbocycles. The van der Waals surface area contributed by atoms with E-state index in [1.54, 1.807) is 13.2 Å². The molecule has 2 N–H and O–H groups in total. The third kappa shape index (κ3) is 3.82. The van der Waals surface area contributed by atoms with Crippen molar-refractivity contribution in [2.24, 2.45) is 5.92 Å². The topological polar surface area (TPSA) is 58.6 Å². The summed E-state index contributed by atoms with van der Waals surface area (Å²) in [7, 11) is 1.60. The maximum Gasteiger partial charge on any atom is 0.251 e. The fraction of sp³-hybridized carbons (Fsp3) is 0.500. The first-order chi connectivity index (χ1) is 8.60. The molecule has 0 spiro atoms. The Morgan fingerprint density at radius 2 is 2.06 bits per heavy atom. The molecule has 0 unspecified atom stereocenters. The third-order valence-corrected chi connectivity index (χ3v) is 2.88. The number of methoxy groups -OCH3 is 1. The van der Waals surface area contributed by atoms with Gasteiger partial charge in [-0.15, -0.1) is 0 Å². The van der Waals surface area contributed by atoms with Crippen LogP contribution in [-0.4, -0.2) is 30.8 Å². The summed E-state index contributed by atoms with van der Waals surface area (Å²) in [6, 6.07) is 7.09. The Morgan fingerprint density at radius 1 is 1.39 bits per heavy atom. The zero-order chi connectivity index (χ0) is 13.5. The van der Waals surface area contributed by atoms with Crippen molar-refractivity contribution in [3.05, 3.63) is 35.4 Å². The molecule has 0 aliphatic rings. The van der Waals surface area contributed by atoms with Gasteiger partial charge in [-0.25, -0.2) is 0 Å². The van der Waals surface area contributed by atoms with Crippen LogP contribution in [0.3, 0.4) is 0 Å². The largest absolute Gasteiger partial charge is 0.394 e. The van der Waals surface area contributed by atoms with Crippen LogP contribution in [0.5, 0.6) is 0 Å². The van der Waals surface area contributed by atoms with Crippen molar-refractivity contribution in [1.29, 1.82) is 0 Å². The first-order valence-corrected chi connectivity index (χ1v) is 6.08. The van der Waals surface area contributed by atoms with Gasteiger partial charge < -0.3 is 15.2 Å². The lowest BCUT2D eigenvalue weighted by Gasteiger charge is -2.20. The fourth-order valence-corrected chi connectivity index (χ4v) is 1.69. The summed E-state index contributed by atoms with van der Waals surface area (Å²) in [5.41, 5.74) is 1.44. The third-order valence-electron chi connectivity index (χ3n) is 2.88. The average molecular weight is 251 g/mol. The molecule has 0 aromatic heterocycles. The van der Waals surface area contributed by atoms with Gasteiger partial charge >= 0.3 is 0 Å². The van der Waals surface area contributed by atoms with Crippen LogP contribution in [0.25, 0.3) is 0 Å². The van der Waals surface area contributed by atoms with Crippen molar-refractivity contribution in [3.8, 4) is 0 Å². The van der Waals surface area contributed by atoms with Crippen molar-refractivity contribution in [1.82, 2.24) is 5.32 Å². The monoisotopic (exact) mass is 251 g/mol. The molecule has 0 fully saturated rings. The molecule has 0 saturated carbocycles. The van der Waals surface area contributed by atoms with Crippen LogP contribution in [-0.2, 0) is 11.3 Å². The molecule has 0 radical (unpaired) electrons. The smallest absolute Gasteiger partial charge is 0.251 e. The number of carbonyl (C=O) groups is 1. The van der Waals surface area contributed by atoms with Gasteiger partial charge in [-0.3, -0.25) is 4.79 Å². The highest BCUT2D eigenvalue weighted by atomic mass is 16.5. The maximum absolute atomic E-state index is 12.1. The minimum atomic E-state index is -0.229. The molecule has 1 rings (SSSR count). The van der Waals surface area contributed by atoms with Crippen LogP contribution < -0.4 is 5.32 Å². The van der Waals surface area contributed by atoms with Gasteiger partial charge in [0.05, 0.1) is 19.3 Å². The van der Waals surface area contributed by atoms with Gasteiger partial charge in [0.15, 0.2) is 0 Å². The van der Waals surface area contributed by atoms with E-state index in [0.717, 1.165) is 5.56 Å². The average Bonchev–Trinajstić information content (AvgIpc) is 2.36. The summed E-state index contributed by atoms with van der Waals surface area (Å²) >= 11 is 0. The Balaban J connectivity index is 2.83. The van der Waals surface area contributed by atoms with E-state index in [-0.39, 0.29) is 24.5 Å². The first-order valence-electron chi connectivity index (χ1n) is 6.08. The van der Waals surface area contributed by atoms with E-state index in [1.807, 2.05) is 32.0 Å². The highest BCUT2D eigenvalue weighted by Gasteiger charge is 2.17. The Hall–Kier alpha value is -1.39. The number of hydrogen-bond acceptors (Lipinski definition) is 3. The zero-order valence-electron chi connectivity index (χ0n) is 11.1. The molecule has 18 heavy (non-hydrogen) atoms. The molecule has 0 aliphatic heterocycles. The summed E-state index contributed by atoms with van der Waals surface area (Å²) < 4.78 is 5.07. The summed E-state index contributed by atoms with van der Waals surface area (Å²) in [6.45, 7) is 4.26. The van der Waals surface area contributed by atoms with E-state index >= 15 is 0 Å². The normalized spacial score (nSPS) is 12.5. The van der Waals surface area contributed by atoms with Crippen LogP contribution in [0.2, 0.25) is 0 Å². The number of aliphatic hydroxyl groups is 1. The van der Waals surface area contributed by atoms with Gasteiger partial charge in [-0.1, -0.05) is 32.0 Å². The predicted octanol–water partition coefficient (Wildman–Crippen LogP) is 1.58. The van der Waals surface area contributed by atoms with E-state index in [4.69, 9.17) is 4.74 Å². The van der Waals surface area contributed by atoms with Crippen molar-refractivity contribution in [2.45, 2.75) is 26.5 Å². The SMILES string of the molecule is COCc1ccccc1C(=O)N[C@H](CO)C(C)C. The molecule has 0 heterocycles. The van der Waals surface area contributed by atoms with E-state index in [2.05, 4.69) is 5.32 Å². The number of hydrogen-bond donors (Lipinski definition) is 2. The number of benzene rings is 1. The minimum Gasteiger partial charge on any atom is -0.394 e. The second-order valence-corrected chi connectivity index (χ2v) is 4.60. The second kappa shape index (κ2) is 7.13. The number of ether oxygens (including phenoxy) is 1. The van der Waals surface area contributed by atoms with Crippen molar-refractivity contribution >= 4 is 5.91 Å². The van der Waals surface area contributed by atoms with Crippen LogP contribution >= 0.6 is 0 Å². The standard InChI is InChI=1S/C14H21NO3/c1-10(2)13(8-16)15-14(17)12-7-5-4-6-11(12)9-18-3/h4-7,10,13,16H,8-9H2,1-3H3,(H,15,17)/t13-/m1/s1. The Morgan fingerprint density at radius 3 is 2.61 bits per heavy atom. The van der Waals surface area contributed by atoms with Crippen molar-refractivity contribution < 1.29 is 14.6 Å². The van der Waals surface area contributed by atoms with Gasteiger partial charge in [-0.05, 0) is 17.5 Å². The molecular formula is C14H21NO3. The molecule has 1 amide bonds. The summed E-state index contributed by atoms with van der Waals surface area (Å²) in [5, 5.41) is 12.1. The van der Waals surface area contributed by atoms with Crippen LogP contribution in [0.4, 0.5) is 0 Å². The van der Waals surface area contributed by atoms with Crippen LogP contribution in [0, 0.1) is 5.92 Å². The highest BCUT2D eigenvalue weighted by Crippen LogP contribution is 2.11. The van der Waals surface area contributed by atoms with Crippen LogP contribution in [0.1, 0.15) is 29.8 Å². The molecule has 1 aromatic carbocycles. The molecule has 4 heteroatoms. The lowest BCUT2D eigenvalue weighted by molar-refractivity contribution is 0.0892. The van der Waals surface area contributed by atoms with Crippen LogP contribution in [0.15, 0.2) is 24.3 Å². The number of carbonyl (C=O) groups excluding carboxylic acids is 1. The maximum atomic E-state index is 12.1. The van der Waals surface area contributed by atoms with Gasteiger partial charge in [0.1, 0.15) is 0 Å². The first kappa shape index (κ1) is 14.7. The second-order valence-electron chi connectivity index (χ2n) is 4.60. The highest BCUT2D eigenvalue weighted by molar-refractivity contribution is 5.95. The minimum absolute atomic E-state index is 0.0597. The van der Waals surface area contributed by atoms with Gasteiger partial charge in [0.2, 0.25) is 0 Å². The number of aliphatic hydroxyl groups excluding tert-OH is 1. The van der Waals surface area contributed by atoms with Crippen molar-refractivity contribution in [2.75, 3.05) is 13.7 Å². The number of rotatable bonds is 6. The van der Waals surface area contributed by atoms with Gasteiger partial charge in [0.25, 0.3) is 5.91 Å². The Kier molecular flexibility index (Phi) is 5.82. The summed E-state index contributed by atoms with van der Waals surface area (Å²) in [5.74, 6) is 0.0175. The predicted molar refractivity (Wildman–Crippen MR) is 70.3 cm³/mol. The summed E-state index contributed by atoms with van der Waals surface area (Å²) in [4.78, 5) is 12.1. The Labute approximate surface area is 108 Å². The van der Waals surface area contributed by atoms with E-state index < -0.39 is 0 Å². The van der Waals surface area contributed by atoms with Gasteiger partial charge in [-0.2, -0.15) is 0 Å². The van der Waals surface area contributed by atoms with E-state index in [9.17, 15) is 9.90 Å². The summed E-state index contributed by atoms with van der Waals surface area (Å²) in [6.07, 6.45) is 0. The molecule has 1 atom stereocenters. The molecule has 100 valence electrons. The molecule has 4 nitrogen and oxygen atoms in total. The molecule has 1 aromatic rings. The van der Waals surface area contributed by atoms with Crippen molar-refractivity contribution in [3.63, 3.8) is 0 Å². The molecule has 0 bridgehead atoms. The fourth-order valence-electron chi connectivity index (χ4n) is 1.69. The quantitative estimate of drug-likeness (QED) is 0.807. The molecule has 0 saturated heterocycles. The van der Waals surface area contributed by atoms with E-state index in [1.165, 1.54) is 0 Å². The van der Waals surface area contributed by atoms with E-state index in [0.29, 0.717) is 12.2 Å². The Bertz CT molecular complexity index is 390. The lowest BCUT2D eigenvalue weighted by Crippen LogP contribution is -2.41. The van der Waals surface area contributed by atoms with Gasteiger partial charge in [0, 0.05) is 12.7 Å².